The highest BCUT2D eigenvalue weighted by atomic mass is 32.1. The minimum absolute atomic E-state index is 0.127. The maximum atomic E-state index is 12.7. The second-order valence-electron chi connectivity index (χ2n) is 8.76. The standard InChI is InChI=1S/C22H30N6O3S/c1-4-5-11-27-19-18(20(30)26-22(27)31)28(12-13(2)3)16(24-19)9-10-17(29)25-21-23-14-7-6-8-15(14)32-21/h13H,4-12H2,1-3H3,(H,23,25,29)(H,26,30,31). The average Bonchev–Trinajstić information content (AvgIpc) is 3.40. The molecule has 3 heterocycles. The van der Waals surface area contributed by atoms with E-state index in [0.717, 1.165) is 37.8 Å². The number of nitrogens with zero attached hydrogens (tertiary/aromatic N) is 4. The van der Waals surface area contributed by atoms with E-state index in [9.17, 15) is 14.4 Å². The first kappa shape index (κ1) is 22.4. The van der Waals surface area contributed by atoms with Gasteiger partial charge < -0.3 is 9.88 Å². The highest BCUT2D eigenvalue weighted by Gasteiger charge is 2.21. The number of aryl methyl sites for hydroxylation is 4. The van der Waals surface area contributed by atoms with E-state index in [1.54, 1.807) is 11.3 Å². The van der Waals surface area contributed by atoms with Crippen LogP contribution < -0.4 is 16.6 Å². The quantitative estimate of drug-likeness (QED) is 0.512. The molecule has 1 aliphatic rings. The lowest BCUT2D eigenvalue weighted by Crippen LogP contribution is -2.31. The zero-order valence-corrected chi connectivity index (χ0v) is 19.7. The normalized spacial score (nSPS) is 13.2. The van der Waals surface area contributed by atoms with Crippen LogP contribution in [0.1, 0.15) is 62.8 Å². The molecule has 1 amide bonds. The zero-order chi connectivity index (χ0) is 22.8. The maximum Gasteiger partial charge on any atom is 0.330 e. The average molecular weight is 459 g/mol. The molecule has 0 saturated heterocycles. The largest absolute Gasteiger partial charge is 0.330 e. The summed E-state index contributed by atoms with van der Waals surface area (Å²) in [5.74, 6) is 0.790. The van der Waals surface area contributed by atoms with Crippen LogP contribution in [-0.4, -0.2) is 30.0 Å². The molecular weight excluding hydrogens is 428 g/mol. The molecule has 0 unspecified atom stereocenters. The van der Waals surface area contributed by atoms with Gasteiger partial charge in [0, 0.05) is 30.8 Å². The number of H-pyrrole nitrogens is 1. The summed E-state index contributed by atoms with van der Waals surface area (Å²) >= 11 is 1.55. The number of unbranched alkanes of at least 4 members (excludes halogenated alkanes) is 1. The molecule has 0 aliphatic heterocycles. The number of amides is 1. The van der Waals surface area contributed by atoms with Crippen molar-refractivity contribution < 1.29 is 4.79 Å². The number of hydrogen-bond donors (Lipinski definition) is 2. The van der Waals surface area contributed by atoms with Crippen LogP contribution in [0.3, 0.4) is 0 Å². The van der Waals surface area contributed by atoms with E-state index < -0.39 is 11.2 Å². The maximum absolute atomic E-state index is 12.7. The van der Waals surface area contributed by atoms with Gasteiger partial charge in [-0.25, -0.2) is 14.8 Å². The van der Waals surface area contributed by atoms with E-state index in [1.165, 1.54) is 9.44 Å². The second-order valence-corrected chi connectivity index (χ2v) is 9.84. The van der Waals surface area contributed by atoms with E-state index in [1.807, 2.05) is 11.5 Å². The molecule has 32 heavy (non-hydrogen) atoms. The summed E-state index contributed by atoms with van der Waals surface area (Å²) in [4.78, 5) is 50.6. The first-order chi connectivity index (χ1) is 15.4. The van der Waals surface area contributed by atoms with Crippen LogP contribution in [0, 0.1) is 5.92 Å². The molecule has 0 radical (unpaired) electrons. The summed E-state index contributed by atoms with van der Waals surface area (Å²) in [5, 5.41) is 3.56. The molecule has 0 fully saturated rings. The molecule has 10 heteroatoms. The van der Waals surface area contributed by atoms with Crippen molar-refractivity contribution in [3.63, 3.8) is 0 Å². The highest BCUT2D eigenvalue weighted by molar-refractivity contribution is 7.15. The van der Waals surface area contributed by atoms with Gasteiger partial charge in [-0.15, -0.1) is 11.3 Å². The summed E-state index contributed by atoms with van der Waals surface area (Å²) in [6.07, 6.45) is 5.49. The number of hydrogen-bond acceptors (Lipinski definition) is 6. The van der Waals surface area contributed by atoms with Gasteiger partial charge in [0.05, 0.1) is 5.69 Å². The van der Waals surface area contributed by atoms with E-state index in [0.29, 0.717) is 41.6 Å². The predicted molar refractivity (Wildman–Crippen MR) is 125 cm³/mol. The van der Waals surface area contributed by atoms with E-state index >= 15 is 0 Å². The van der Waals surface area contributed by atoms with Crippen molar-refractivity contribution in [1.82, 2.24) is 24.1 Å². The van der Waals surface area contributed by atoms with Crippen LogP contribution in [0.5, 0.6) is 0 Å². The predicted octanol–water partition coefficient (Wildman–Crippen LogP) is 2.86. The Labute approximate surface area is 189 Å². The van der Waals surface area contributed by atoms with Crippen LogP contribution >= 0.6 is 11.3 Å². The van der Waals surface area contributed by atoms with Gasteiger partial charge in [0.15, 0.2) is 16.3 Å². The summed E-state index contributed by atoms with van der Waals surface area (Å²) < 4.78 is 3.41. The lowest BCUT2D eigenvalue weighted by Gasteiger charge is -2.11. The number of carbonyl (C=O) groups is 1. The van der Waals surface area contributed by atoms with E-state index in [4.69, 9.17) is 0 Å². The Morgan fingerprint density at radius 1 is 1.22 bits per heavy atom. The molecule has 3 aromatic heterocycles. The Kier molecular flexibility index (Phi) is 6.59. The van der Waals surface area contributed by atoms with Crippen LogP contribution in [0.2, 0.25) is 0 Å². The third-order valence-electron chi connectivity index (χ3n) is 5.67. The number of nitrogens with one attached hydrogen (secondary N) is 2. The molecule has 2 N–H and O–H groups in total. The number of aromatic nitrogens is 5. The van der Waals surface area contributed by atoms with Gasteiger partial charge in [-0.05, 0) is 31.6 Å². The fourth-order valence-corrected chi connectivity index (χ4v) is 5.21. The van der Waals surface area contributed by atoms with Crippen molar-refractivity contribution in [2.24, 2.45) is 5.92 Å². The molecule has 0 saturated carbocycles. The van der Waals surface area contributed by atoms with E-state index in [2.05, 4.69) is 34.1 Å². The number of thiazole rings is 1. The first-order valence-corrected chi connectivity index (χ1v) is 12.2. The number of imidazole rings is 1. The summed E-state index contributed by atoms with van der Waals surface area (Å²) in [5.41, 5.74) is 1.04. The summed E-state index contributed by atoms with van der Waals surface area (Å²) in [7, 11) is 0. The first-order valence-electron chi connectivity index (χ1n) is 11.4. The fourth-order valence-electron chi connectivity index (χ4n) is 4.14. The fraction of sp³-hybridized carbons (Fsp3) is 0.591. The molecule has 0 bridgehead atoms. The van der Waals surface area contributed by atoms with Gasteiger partial charge in [-0.1, -0.05) is 27.2 Å². The van der Waals surface area contributed by atoms with Gasteiger partial charge in [0.1, 0.15) is 5.82 Å². The minimum Gasteiger partial charge on any atom is -0.322 e. The molecule has 0 aromatic carbocycles. The minimum atomic E-state index is -0.439. The number of aromatic amines is 1. The Bertz CT molecular complexity index is 1230. The van der Waals surface area contributed by atoms with Gasteiger partial charge in [-0.3, -0.25) is 19.1 Å². The van der Waals surface area contributed by atoms with Crippen molar-refractivity contribution in [2.75, 3.05) is 5.32 Å². The van der Waals surface area contributed by atoms with Gasteiger partial charge in [-0.2, -0.15) is 0 Å². The molecule has 0 atom stereocenters. The molecule has 0 spiro atoms. The highest BCUT2D eigenvalue weighted by Crippen LogP contribution is 2.30. The molecular formula is C22H30N6O3S. The second kappa shape index (κ2) is 9.40. The zero-order valence-electron chi connectivity index (χ0n) is 18.9. The van der Waals surface area contributed by atoms with E-state index in [-0.39, 0.29) is 18.2 Å². The number of fused-ring (bicyclic) bond motifs is 2. The topological polar surface area (TPSA) is 115 Å². The van der Waals surface area contributed by atoms with Crippen LogP contribution in [-0.2, 0) is 37.1 Å². The SMILES string of the molecule is CCCCn1c(=O)[nH]c(=O)c2c1nc(CCC(=O)Nc1nc3c(s1)CCC3)n2CC(C)C. The van der Waals surface area contributed by atoms with Crippen molar-refractivity contribution in [1.29, 1.82) is 0 Å². The summed E-state index contributed by atoms with van der Waals surface area (Å²) in [6, 6.07) is 0. The Balaban J connectivity index is 1.60. The Morgan fingerprint density at radius 2 is 2.03 bits per heavy atom. The molecule has 9 nitrogen and oxygen atoms in total. The number of rotatable bonds is 9. The van der Waals surface area contributed by atoms with Gasteiger partial charge in [0.25, 0.3) is 5.56 Å². The van der Waals surface area contributed by atoms with Gasteiger partial charge >= 0.3 is 5.69 Å². The lowest BCUT2D eigenvalue weighted by atomic mass is 10.2. The number of carbonyl (C=O) groups excluding carboxylic acids is 1. The van der Waals surface area contributed by atoms with Crippen molar-refractivity contribution >= 4 is 33.5 Å². The monoisotopic (exact) mass is 458 g/mol. The third-order valence-corrected chi connectivity index (χ3v) is 6.74. The van der Waals surface area contributed by atoms with Crippen LogP contribution in [0.15, 0.2) is 9.59 Å². The lowest BCUT2D eigenvalue weighted by molar-refractivity contribution is -0.116. The van der Waals surface area contributed by atoms with Crippen molar-refractivity contribution in [3.8, 4) is 0 Å². The van der Waals surface area contributed by atoms with Crippen LogP contribution in [0.4, 0.5) is 5.13 Å². The third kappa shape index (κ3) is 4.55. The van der Waals surface area contributed by atoms with Crippen molar-refractivity contribution in [3.05, 3.63) is 37.2 Å². The van der Waals surface area contributed by atoms with Gasteiger partial charge in [0.2, 0.25) is 5.91 Å². The smallest absolute Gasteiger partial charge is 0.322 e. The molecule has 4 rings (SSSR count). The molecule has 3 aromatic rings. The Morgan fingerprint density at radius 3 is 2.75 bits per heavy atom. The van der Waals surface area contributed by atoms with Crippen LogP contribution in [0.25, 0.3) is 11.2 Å². The summed E-state index contributed by atoms with van der Waals surface area (Å²) in [6.45, 7) is 7.25. The molecule has 172 valence electrons. The van der Waals surface area contributed by atoms with Crippen molar-refractivity contribution in [2.45, 2.75) is 78.8 Å². The number of anilines is 1. The molecule has 1 aliphatic carbocycles. The Hall–Kier alpha value is -2.75.